The van der Waals surface area contributed by atoms with Crippen molar-refractivity contribution in [2.75, 3.05) is 19.7 Å². The van der Waals surface area contributed by atoms with E-state index in [1.54, 1.807) is 12.1 Å². The van der Waals surface area contributed by atoms with Crippen molar-refractivity contribution in [3.05, 3.63) is 59.4 Å². The summed E-state index contributed by atoms with van der Waals surface area (Å²) in [5, 5.41) is 19.6. The lowest BCUT2D eigenvalue weighted by atomic mass is 9.86. The van der Waals surface area contributed by atoms with Crippen LogP contribution in [0.2, 0.25) is 0 Å². The van der Waals surface area contributed by atoms with E-state index < -0.39 is 18.7 Å². The third-order valence-electron chi connectivity index (χ3n) is 5.68. The Kier molecular flexibility index (Phi) is 7.74. The van der Waals surface area contributed by atoms with E-state index in [0.29, 0.717) is 44.0 Å². The van der Waals surface area contributed by atoms with Crippen LogP contribution in [0.25, 0.3) is 0 Å². The zero-order valence-electron chi connectivity index (χ0n) is 18.9. The van der Waals surface area contributed by atoms with Crippen LogP contribution < -0.4 is 9.47 Å². The zero-order valence-corrected chi connectivity index (χ0v) is 18.9. The van der Waals surface area contributed by atoms with E-state index in [-0.39, 0.29) is 17.3 Å². The van der Waals surface area contributed by atoms with Crippen molar-refractivity contribution < 1.29 is 28.9 Å². The van der Waals surface area contributed by atoms with Crippen LogP contribution in [0.15, 0.2) is 42.5 Å². The highest BCUT2D eigenvalue weighted by atomic mass is 19.1. The van der Waals surface area contributed by atoms with Crippen molar-refractivity contribution in [3.63, 3.8) is 0 Å². The van der Waals surface area contributed by atoms with E-state index in [2.05, 4.69) is 31.7 Å². The number of hydrogen-bond donors (Lipinski definition) is 2. The highest BCUT2D eigenvalue weighted by molar-refractivity contribution is 5.68. The van der Waals surface area contributed by atoms with Crippen LogP contribution >= 0.6 is 0 Å². The summed E-state index contributed by atoms with van der Waals surface area (Å²) in [4.78, 5) is 13.2. The fourth-order valence-electron chi connectivity index (χ4n) is 3.76. The highest BCUT2D eigenvalue weighted by Gasteiger charge is 2.27. The fraction of sp³-hybridized carbons (Fsp3) is 0.480. The molecular formula is C25H32FNO5. The van der Waals surface area contributed by atoms with Gasteiger partial charge in [-0.1, -0.05) is 32.9 Å². The molecule has 0 bridgehead atoms. The maximum atomic E-state index is 13.1. The summed E-state index contributed by atoms with van der Waals surface area (Å²) in [6.45, 7) is 7.84. The molecule has 2 aromatic rings. The predicted octanol–water partition coefficient (Wildman–Crippen LogP) is 3.99. The van der Waals surface area contributed by atoms with Crippen molar-refractivity contribution in [1.29, 1.82) is 0 Å². The number of carboxylic acid groups (broad SMARTS) is 1. The number of hydrogen-bond acceptors (Lipinski definition) is 5. The van der Waals surface area contributed by atoms with Gasteiger partial charge in [0.2, 0.25) is 0 Å². The van der Waals surface area contributed by atoms with Gasteiger partial charge in [0, 0.05) is 25.2 Å². The van der Waals surface area contributed by atoms with Crippen LogP contribution in [0.4, 0.5) is 4.39 Å². The van der Waals surface area contributed by atoms with Crippen molar-refractivity contribution in [1.82, 2.24) is 4.90 Å². The first kappa shape index (κ1) is 24.0. The van der Waals surface area contributed by atoms with Gasteiger partial charge < -0.3 is 19.7 Å². The van der Waals surface area contributed by atoms with Gasteiger partial charge in [-0.15, -0.1) is 0 Å². The fourth-order valence-corrected chi connectivity index (χ4v) is 3.76. The lowest BCUT2D eigenvalue weighted by Crippen LogP contribution is -2.31. The van der Waals surface area contributed by atoms with Gasteiger partial charge in [0.15, 0.2) is 6.61 Å². The summed E-state index contributed by atoms with van der Waals surface area (Å²) >= 11 is 0. The number of rotatable bonds is 7. The average Bonchev–Trinajstić information content (AvgIpc) is 2.90. The quantitative estimate of drug-likeness (QED) is 0.671. The van der Waals surface area contributed by atoms with Gasteiger partial charge in [-0.2, -0.15) is 0 Å². The second-order valence-corrected chi connectivity index (χ2v) is 9.29. The smallest absolute Gasteiger partial charge is 0.341 e. The summed E-state index contributed by atoms with van der Waals surface area (Å²) in [5.74, 6) is -0.242. The SMILES string of the molecule is CC(C)(C)c1ccc(CN2CC[C@H](Oc3ccc(F)cc3)[C@@H](O)CC2)c(OCC(=O)O)c1. The summed E-state index contributed by atoms with van der Waals surface area (Å²) in [7, 11) is 0. The standard InChI is InChI=1S/C25H32FNO5/c1-25(2,3)18-5-4-17(23(14-18)31-16-24(29)30)15-27-12-10-21(28)22(11-13-27)32-20-8-6-19(26)7-9-20/h4-9,14,21-22,28H,10-13,15-16H2,1-3H3,(H,29,30)/t21-,22-/m0/s1. The normalized spacial score (nSPS) is 19.9. The number of aliphatic carboxylic acids is 1. The number of halogens is 1. The number of benzene rings is 2. The first-order chi connectivity index (χ1) is 15.1. The monoisotopic (exact) mass is 445 g/mol. The molecule has 7 heteroatoms. The molecule has 174 valence electrons. The molecule has 3 rings (SSSR count). The molecule has 0 amide bonds. The minimum atomic E-state index is -1.02. The second-order valence-electron chi connectivity index (χ2n) is 9.29. The number of nitrogens with zero attached hydrogens (tertiary/aromatic N) is 1. The van der Waals surface area contributed by atoms with Crippen molar-refractivity contribution >= 4 is 5.97 Å². The molecule has 0 aliphatic carbocycles. The molecule has 0 saturated carbocycles. The number of ether oxygens (including phenoxy) is 2. The lowest BCUT2D eigenvalue weighted by Gasteiger charge is -2.24. The molecule has 1 saturated heterocycles. The first-order valence-corrected chi connectivity index (χ1v) is 10.9. The van der Waals surface area contributed by atoms with E-state index >= 15 is 0 Å². The second kappa shape index (κ2) is 10.3. The van der Waals surface area contributed by atoms with Gasteiger partial charge in [-0.05, 0) is 54.2 Å². The third kappa shape index (κ3) is 6.68. The topological polar surface area (TPSA) is 79.2 Å². The Morgan fingerprint density at radius 2 is 1.81 bits per heavy atom. The minimum Gasteiger partial charge on any atom is -0.488 e. The molecule has 2 aromatic carbocycles. The molecule has 1 aliphatic rings. The Morgan fingerprint density at radius 1 is 1.12 bits per heavy atom. The Hall–Kier alpha value is -2.64. The van der Waals surface area contributed by atoms with Crippen LogP contribution in [-0.2, 0) is 16.8 Å². The van der Waals surface area contributed by atoms with Crippen LogP contribution in [0, 0.1) is 5.82 Å². The largest absolute Gasteiger partial charge is 0.488 e. The van der Waals surface area contributed by atoms with Crippen molar-refractivity contribution in [3.8, 4) is 11.5 Å². The van der Waals surface area contributed by atoms with Gasteiger partial charge >= 0.3 is 5.97 Å². The molecule has 0 aromatic heterocycles. The predicted molar refractivity (Wildman–Crippen MR) is 120 cm³/mol. The van der Waals surface area contributed by atoms with E-state index in [4.69, 9.17) is 14.6 Å². The molecule has 1 heterocycles. The number of aliphatic hydroxyl groups is 1. The van der Waals surface area contributed by atoms with Crippen LogP contribution in [0.3, 0.4) is 0 Å². The highest BCUT2D eigenvalue weighted by Crippen LogP contribution is 2.30. The molecule has 32 heavy (non-hydrogen) atoms. The lowest BCUT2D eigenvalue weighted by molar-refractivity contribution is -0.139. The Bertz CT molecular complexity index is 910. The summed E-state index contributed by atoms with van der Waals surface area (Å²) in [6, 6.07) is 11.8. The van der Waals surface area contributed by atoms with Gasteiger partial charge in [0.25, 0.3) is 0 Å². The van der Waals surface area contributed by atoms with E-state index in [1.807, 2.05) is 12.1 Å². The maximum Gasteiger partial charge on any atom is 0.341 e. The van der Waals surface area contributed by atoms with Gasteiger partial charge in [-0.3, -0.25) is 4.90 Å². The number of carbonyl (C=O) groups is 1. The number of aliphatic hydroxyl groups excluding tert-OH is 1. The molecule has 2 atom stereocenters. The first-order valence-electron chi connectivity index (χ1n) is 10.9. The van der Waals surface area contributed by atoms with E-state index in [0.717, 1.165) is 11.1 Å². The van der Waals surface area contributed by atoms with Crippen molar-refractivity contribution in [2.45, 2.75) is 57.8 Å². The molecule has 0 spiro atoms. The van der Waals surface area contributed by atoms with E-state index in [9.17, 15) is 14.3 Å². The van der Waals surface area contributed by atoms with Gasteiger partial charge in [0.1, 0.15) is 23.4 Å². The van der Waals surface area contributed by atoms with Crippen LogP contribution in [0.1, 0.15) is 44.7 Å². The molecular weight excluding hydrogens is 413 g/mol. The zero-order chi connectivity index (χ0) is 23.3. The van der Waals surface area contributed by atoms with Crippen molar-refractivity contribution in [2.24, 2.45) is 0 Å². The van der Waals surface area contributed by atoms with Gasteiger partial charge in [-0.25, -0.2) is 9.18 Å². The molecule has 6 nitrogen and oxygen atoms in total. The molecule has 1 fully saturated rings. The Balaban J connectivity index is 1.69. The van der Waals surface area contributed by atoms with Gasteiger partial charge in [0.05, 0.1) is 6.10 Å². The minimum absolute atomic E-state index is 0.0858. The number of carboxylic acids is 1. The molecule has 0 unspecified atom stereocenters. The van der Waals surface area contributed by atoms with E-state index in [1.165, 1.54) is 12.1 Å². The molecule has 1 aliphatic heterocycles. The Morgan fingerprint density at radius 3 is 2.47 bits per heavy atom. The van der Waals surface area contributed by atoms with Crippen LogP contribution in [0.5, 0.6) is 11.5 Å². The Labute approximate surface area is 188 Å². The van der Waals surface area contributed by atoms with Crippen LogP contribution in [-0.4, -0.2) is 53.0 Å². The third-order valence-corrected chi connectivity index (χ3v) is 5.68. The molecule has 0 radical (unpaired) electrons. The maximum absolute atomic E-state index is 13.1. The summed E-state index contributed by atoms with van der Waals surface area (Å²) in [6.07, 6.45) is 0.147. The summed E-state index contributed by atoms with van der Waals surface area (Å²) < 4.78 is 24.6. The molecule has 2 N–H and O–H groups in total. The average molecular weight is 446 g/mol. The number of likely N-dealkylation sites (tertiary alicyclic amines) is 1. The summed E-state index contributed by atoms with van der Waals surface area (Å²) in [5.41, 5.74) is 1.89.